The van der Waals surface area contributed by atoms with E-state index in [9.17, 15) is 0 Å². The van der Waals surface area contributed by atoms with E-state index in [1.807, 2.05) is 0 Å². The first-order valence-corrected chi connectivity index (χ1v) is 5.00. The van der Waals surface area contributed by atoms with Crippen LogP contribution in [-0.2, 0) is 0 Å². The molecule has 0 heterocycles. The fraction of sp³-hybridized carbons (Fsp3) is 0.818. The summed E-state index contributed by atoms with van der Waals surface area (Å²) >= 11 is 0. The van der Waals surface area contributed by atoms with Gasteiger partial charge in [0.25, 0.3) is 0 Å². The molecular formula is C11H18. The first-order chi connectivity index (χ1) is 5.37. The van der Waals surface area contributed by atoms with Crippen molar-refractivity contribution in [2.45, 2.75) is 44.9 Å². The van der Waals surface area contributed by atoms with Crippen LogP contribution in [0.5, 0.6) is 0 Å². The largest absolute Gasteiger partial charge is 0.103 e. The average Bonchev–Trinajstić information content (AvgIpc) is 2.01. The highest BCUT2D eigenvalue weighted by atomic mass is 14.5. The zero-order valence-electron chi connectivity index (χ0n) is 7.31. The zero-order chi connectivity index (χ0) is 7.73. The second kappa shape index (κ2) is 2.66. The fourth-order valence-corrected chi connectivity index (χ4v) is 2.95. The molecule has 2 aliphatic carbocycles. The van der Waals surface area contributed by atoms with Crippen LogP contribution in [0.3, 0.4) is 0 Å². The summed E-state index contributed by atoms with van der Waals surface area (Å²) in [5.74, 6) is 0.866. The van der Waals surface area contributed by atoms with Gasteiger partial charge in [0.05, 0.1) is 0 Å². The van der Waals surface area contributed by atoms with E-state index >= 15 is 0 Å². The van der Waals surface area contributed by atoms with Gasteiger partial charge in [-0.3, -0.25) is 0 Å². The molecule has 0 bridgehead atoms. The molecule has 0 aromatic carbocycles. The van der Waals surface area contributed by atoms with Crippen molar-refractivity contribution in [2.75, 3.05) is 0 Å². The first-order valence-electron chi connectivity index (χ1n) is 5.00. The standard InChI is InChI=1S/C11H18/c1-2-10-6-3-4-7-11(10)8-5-9-11/h2,10H,1,3-9H2. The normalized spacial score (nSPS) is 34.7. The molecule has 0 aromatic heterocycles. The molecule has 0 saturated heterocycles. The molecule has 1 unspecified atom stereocenters. The predicted octanol–water partition coefficient (Wildman–Crippen LogP) is 3.53. The molecule has 0 heteroatoms. The van der Waals surface area contributed by atoms with Crippen LogP contribution in [0.2, 0.25) is 0 Å². The topological polar surface area (TPSA) is 0 Å². The van der Waals surface area contributed by atoms with Crippen LogP contribution in [-0.4, -0.2) is 0 Å². The highest BCUT2D eigenvalue weighted by molar-refractivity contribution is 5.01. The molecule has 1 atom stereocenters. The van der Waals surface area contributed by atoms with Crippen molar-refractivity contribution in [2.24, 2.45) is 11.3 Å². The van der Waals surface area contributed by atoms with Crippen molar-refractivity contribution in [3.05, 3.63) is 12.7 Å². The van der Waals surface area contributed by atoms with E-state index in [2.05, 4.69) is 12.7 Å². The van der Waals surface area contributed by atoms with E-state index in [1.54, 1.807) is 0 Å². The lowest BCUT2D eigenvalue weighted by Crippen LogP contribution is -2.38. The molecule has 0 nitrogen and oxygen atoms in total. The molecule has 2 aliphatic rings. The third-order valence-electron chi connectivity index (χ3n) is 3.86. The van der Waals surface area contributed by atoms with E-state index in [0.29, 0.717) is 0 Å². The molecule has 0 amide bonds. The average molecular weight is 150 g/mol. The quantitative estimate of drug-likeness (QED) is 0.502. The monoisotopic (exact) mass is 150 g/mol. The van der Waals surface area contributed by atoms with Crippen LogP contribution < -0.4 is 0 Å². The highest BCUT2D eigenvalue weighted by Gasteiger charge is 2.43. The van der Waals surface area contributed by atoms with Crippen molar-refractivity contribution in [3.63, 3.8) is 0 Å². The van der Waals surface area contributed by atoms with E-state index in [0.717, 1.165) is 11.3 Å². The lowest BCUT2D eigenvalue weighted by molar-refractivity contribution is 0.0325. The SMILES string of the molecule is C=CC1CCCCC12CCC2. The second-order valence-corrected chi connectivity index (χ2v) is 4.30. The van der Waals surface area contributed by atoms with Gasteiger partial charge in [-0.05, 0) is 37.0 Å². The molecule has 2 rings (SSSR count). The van der Waals surface area contributed by atoms with Crippen LogP contribution in [0, 0.1) is 11.3 Å². The van der Waals surface area contributed by atoms with Gasteiger partial charge in [0.2, 0.25) is 0 Å². The van der Waals surface area contributed by atoms with Gasteiger partial charge in [-0.25, -0.2) is 0 Å². The van der Waals surface area contributed by atoms with Gasteiger partial charge in [0.15, 0.2) is 0 Å². The van der Waals surface area contributed by atoms with Crippen LogP contribution in [0.25, 0.3) is 0 Å². The van der Waals surface area contributed by atoms with Gasteiger partial charge >= 0.3 is 0 Å². The number of hydrogen-bond donors (Lipinski definition) is 0. The van der Waals surface area contributed by atoms with Crippen LogP contribution in [0.15, 0.2) is 12.7 Å². The minimum atomic E-state index is 0.750. The van der Waals surface area contributed by atoms with Gasteiger partial charge < -0.3 is 0 Å². The smallest absolute Gasteiger partial charge is 0.0180 e. The number of hydrogen-bond acceptors (Lipinski definition) is 0. The summed E-state index contributed by atoms with van der Waals surface area (Å²) in [7, 11) is 0. The Morgan fingerprint density at radius 3 is 2.27 bits per heavy atom. The van der Waals surface area contributed by atoms with Crippen LogP contribution >= 0.6 is 0 Å². The zero-order valence-corrected chi connectivity index (χ0v) is 7.31. The maximum absolute atomic E-state index is 3.96. The molecule has 0 radical (unpaired) electrons. The van der Waals surface area contributed by atoms with Crippen molar-refractivity contribution in [1.82, 2.24) is 0 Å². The lowest BCUT2D eigenvalue weighted by atomic mass is 9.55. The summed E-state index contributed by atoms with van der Waals surface area (Å²) in [6.45, 7) is 3.96. The van der Waals surface area contributed by atoms with Gasteiger partial charge in [0.1, 0.15) is 0 Å². The van der Waals surface area contributed by atoms with Gasteiger partial charge in [0, 0.05) is 0 Å². The van der Waals surface area contributed by atoms with Crippen molar-refractivity contribution in [1.29, 1.82) is 0 Å². The Morgan fingerprint density at radius 1 is 1.09 bits per heavy atom. The molecule has 1 spiro atoms. The summed E-state index contributed by atoms with van der Waals surface area (Å²) in [5.41, 5.74) is 0.750. The fourth-order valence-electron chi connectivity index (χ4n) is 2.95. The van der Waals surface area contributed by atoms with Gasteiger partial charge in [-0.1, -0.05) is 25.3 Å². The number of rotatable bonds is 1. The minimum Gasteiger partial charge on any atom is -0.103 e. The minimum absolute atomic E-state index is 0.750. The Hall–Kier alpha value is -0.260. The highest BCUT2D eigenvalue weighted by Crippen LogP contribution is 2.55. The summed E-state index contributed by atoms with van der Waals surface area (Å²) in [6, 6.07) is 0. The Kier molecular flexibility index (Phi) is 1.78. The van der Waals surface area contributed by atoms with Crippen LogP contribution in [0.1, 0.15) is 44.9 Å². The van der Waals surface area contributed by atoms with E-state index < -0.39 is 0 Å². The van der Waals surface area contributed by atoms with Gasteiger partial charge in [-0.2, -0.15) is 0 Å². The van der Waals surface area contributed by atoms with E-state index in [4.69, 9.17) is 0 Å². The van der Waals surface area contributed by atoms with E-state index in [-0.39, 0.29) is 0 Å². The molecular weight excluding hydrogens is 132 g/mol. The first kappa shape index (κ1) is 7.39. The second-order valence-electron chi connectivity index (χ2n) is 4.30. The Bertz CT molecular complexity index is 153. The van der Waals surface area contributed by atoms with Crippen molar-refractivity contribution >= 4 is 0 Å². The van der Waals surface area contributed by atoms with E-state index in [1.165, 1.54) is 44.9 Å². The molecule has 0 N–H and O–H groups in total. The summed E-state index contributed by atoms with van der Waals surface area (Å²) in [5, 5.41) is 0. The predicted molar refractivity (Wildman–Crippen MR) is 48.4 cm³/mol. The molecule has 0 aliphatic heterocycles. The maximum atomic E-state index is 3.96. The summed E-state index contributed by atoms with van der Waals surface area (Å²) in [6.07, 6.45) is 12.5. The molecule has 2 saturated carbocycles. The lowest BCUT2D eigenvalue weighted by Gasteiger charge is -2.50. The Morgan fingerprint density at radius 2 is 1.82 bits per heavy atom. The molecule has 11 heavy (non-hydrogen) atoms. The summed E-state index contributed by atoms with van der Waals surface area (Å²) in [4.78, 5) is 0. The summed E-state index contributed by atoms with van der Waals surface area (Å²) < 4.78 is 0. The number of allylic oxidation sites excluding steroid dienone is 1. The Labute approximate surface area is 69.7 Å². The van der Waals surface area contributed by atoms with Gasteiger partial charge in [-0.15, -0.1) is 6.58 Å². The van der Waals surface area contributed by atoms with Crippen molar-refractivity contribution < 1.29 is 0 Å². The van der Waals surface area contributed by atoms with Crippen LogP contribution in [0.4, 0.5) is 0 Å². The molecule has 2 fully saturated rings. The third kappa shape index (κ3) is 1.04. The Balaban J connectivity index is 2.08. The molecule has 0 aromatic rings. The third-order valence-corrected chi connectivity index (χ3v) is 3.86. The maximum Gasteiger partial charge on any atom is -0.0180 e. The van der Waals surface area contributed by atoms with Crippen molar-refractivity contribution in [3.8, 4) is 0 Å². The molecule has 62 valence electrons.